The Morgan fingerprint density at radius 2 is 1.83 bits per heavy atom. The highest BCUT2D eigenvalue weighted by molar-refractivity contribution is 6.00. The van der Waals surface area contributed by atoms with Gasteiger partial charge >= 0.3 is 18.1 Å². The normalized spacial score (nSPS) is 21.1. The molecular formula is C29H21F4N3O6. The topological polar surface area (TPSA) is 110 Å². The summed E-state index contributed by atoms with van der Waals surface area (Å²) < 4.78 is 66.6. The molecule has 0 saturated carbocycles. The highest BCUT2D eigenvalue weighted by Crippen LogP contribution is 2.48. The zero-order chi connectivity index (χ0) is 29.5. The standard InChI is InChI=1S/C29H21F4N3O6/c30-19-8-17-23-26(24(19)35-10-15-5-16(9-34-20(15)12-35)41-28(40)29(31,32)33)42-22-7-14-4-2-1-3-13(14)6-21(22)36(23)11-18(25(17)37)27(38)39/h1-4,6-8,11,15-16,20,34H,5,9-10,12H2,(H,38,39). The molecular weight excluding hydrogens is 562 g/mol. The van der Waals surface area contributed by atoms with Crippen molar-refractivity contribution in [3.05, 3.63) is 70.3 Å². The Morgan fingerprint density at radius 3 is 2.55 bits per heavy atom. The van der Waals surface area contributed by atoms with Crippen molar-refractivity contribution in [3.8, 4) is 17.2 Å². The van der Waals surface area contributed by atoms with E-state index in [0.29, 0.717) is 11.4 Å². The number of carboxylic acids is 1. The highest BCUT2D eigenvalue weighted by Gasteiger charge is 2.46. The van der Waals surface area contributed by atoms with Gasteiger partial charge < -0.3 is 29.4 Å². The summed E-state index contributed by atoms with van der Waals surface area (Å²) in [5.41, 5.74) is -0.685. The first-order valence-corrected chi connectivity index (χ1v) is 13.1. The number of piperidine rings is 1. The van der Waals surface area contributed by atoms with Gasteiger partial charge in [0.15, 0.2) is 17.3 Å². The van der Waals surface area contributed by atoms with Gasteiger partial charge in [0.2, 0.25) is 5.43 Å². The molecule has 3 unspecified atom stereocenters. The van der Waals surface area contributed by atoms with Crippen LogP contribution in [-0.4, -0.2) is 59.6 Å². The number of nitrogens with one attached hydrogen (secondary N) is 1. The number of pyridine rings is 1. The lowest BCUT2D eigenvalue weighted by molar-refractivity contribution is -0.206. The summed E-state index contributed by atoms with van der Waals surface area (Å²) in [6.07, 6.45) is -4.76. The number of hydrogen-bond acceptors (Lipinski definition) is 7. The highest BCUT2D eigenvalue weighted by atomic mass is 19.4. The molecule has 7 rings (SSSR count). The van der Waals surface area contributed by atoms with E-state index in [1.54, 1.807) is 17.0 Å². The van der Waals surface area contributed by atoms with Crippen molar-refractivity contribution in [2.75, 3.05) is 24.5 Å². The summed E-state index contributed by atoms with van der Waals surface area (Å²) in [4.78, 5) is 38.2. The SMILES string of the molecule is O=C(O)c1cn2c3c(c(N4CC5CC(OC(=O)C(F)(F)F)CNC5C4)c(F)cc3c1=O)Oc1cc3ccccc3cc1-2. The maximum atomic E-state index is 15.9. The van der Waals surface area contributed by atoms with E-state index in [9.17, 15) is 32.7 Å². The van der Waals surface area contributed by atoms with Gasteiger partial charge in [-0.1, -0.05) is 24.3 Å². The molecule has 13 heteroatoms. The molecule has 1 aromatic heterocycles. The lowest BCUT2D eigenvalue weighted by atomic mass is 9.92. The second kappa shape index (κ2) is 9.18. The minimum absolute atomic E-state index is 0.0122. The number of fused-ring (bicyclic) bond motifs is 4. The van der Waals surface area contributed by atoms with Crippen molar-refractivity contribution in [3.63, 3.8) is 0 Å². The maximum Gasteiger partial charge on any atom is 0.490 e. The van der Waals surface area contributed by atoms with Crippen molar-refractivity contribution in [2.24, 2.45) is 5.92 Å². The maximum absolute atomic E-state index is 15.9. The van der Waals surface area contributed by atoms with Crippen LogP contribution in [0.15, 0.2) is 53.5 Å². The molecule has 0 amide bonds. The number of alkyl halides is 3. The van der Waals surface area contributed by atoms with E-state index in [1.807, 2.05) is 24.3 Å². The van der Waals surface area contributed by atoms with Gasteiger partial charge in [0.1, 0.15) is 22.9 Å². The number of aromatic nitrogens is 1. The number of carbonyl (C=O) groups is 2. The summed E-state index contributed by atoms with van der Waals surface area (Å²) in [5, 5.41) is 14.3. The summed E-state index contributed by atoms with van der Waals surface area (Å²) in [5.74, 6) is -4.45. The molecule has 9 nitrogen and oxygen atoms in total. The van der Waals surface area contributed by atoms with E-state index in [1.165, 1.54) is 10.8 Å². The number of esters is 1. The second-order valence-corrected chi connectivity index (χ2v) is 10.7. The molecule has 3 aliphatic rings. The van der Waals surface area contributed by atoms with E-state index in [4.69, 9.17) is 4.74 Å². The monoisotopic (exact) mass is 583 g/mol. The molecule has 4 heterocycles. The van der Waals surface area contributed by atoms with E-state index < -0.39 is 41.0 Å². The summed E-state index contributed by atoms with van der Waals surface area (Å²) in [6, 6.07) is 11.7. The second-order valence-electron chi connectivity index (χ2n) is 10.7. The molecule has 3 aliphatic heterocycles. The number of hydrogen-bond donors (Lipinski definition) is 2. The minimum Gasteiger partial charge on any atom is -0.477 e. The van der Waals surface area contributed by atoms with Gasteiger partial charge in [-0.2, -0.15) is 13.2 Å². The van der Waals surface area contributed by atoms with Gasteiger partial charge in [0.05, 0.1) is 11.1 Å². The Labute approximate surface area is 233 Å². The van der Waals surface area contributed by atoms with Crippen LogP contribution in [0, 0.1) is 11.7 Å². The van der Waals surface area contributed by atoms with E-state index >= 15 is 4.39 Å². The summed E-state index contributed by atoms with van der Waals surface area (Å²) >= 11 is 0. The van der Waals surface area contributed by atoms with E-state index in [-0.39, 0.29) is 60.4 Å². The van der Waals surface area contributed by atoms with Gasteiger partial charge in [-0.15, -0.1) is 0 Å². The quantitative estimate of drug-likeness (QED) is 0.238. The fraction of sp³-hybridized carbons (Fsp3) is 0.276. The molecule has 3 aromatic carbocycles. The van der Waals surface area contributed by atoms with E-state index in [0.717, 1.165) is 16.8 Å². The predicted octanol–water partition coefficient (Wildman–Crippen LogP) is 4.36. The third kappa shape index (κ3) is 4.06. The van der Waals surface area contributed by atoms with Crippen LogP contribution in [-0.2, 0) is 9.53 Å². The molecule has 0 spiro atoms. The number of aromatic carboxylic acids is 1. The van der Waals surface area contributed by atoms with E-state index in [2.05, 4.69) is 10.1 Å². The van der Waals surface area contributed by atoms with Crippen LogP contribution in [0.2, 0.25) is 0 Å². The first-order chi connectivity index (χ1) is 20.0. The molecule has 2 fully saturated rings. The lowest BCUT2D eigenvalue weighted by Gasteiger charge is -2.31. The zero-order valence-corrected chi connectivity index (χ0v) is 21.6. The van der Waals surface area contributed by atoms with Crippen LogP contribution in [0.1, 0.15) is 16.8 Å². The van der Waals surface area contributed by atoms with Crippen LogP contribution < -0.4 is 20.4 Å². The van der Waals surface area contributed by atoms with Crippen LogP contribution in [0.4, 0.5) is 23.2 Å². The van der Waals surface area contributed by atoms with Crippen molar-refractivity contribution in [1.82, 2.24) is 9.88 Å². The summed E-state index contributed by atoms with van der Waals surface area (Å²) in [7, 11) is 0. The predicted molar refractivity (Wildman–Crippen MR) is 142 cm³/mol. The number of rotatable bonds is 3. The number of carboxylic acid groups (broad SMARTS) is 1. The molecule has 2 N–H and O–H groups in total. The molecule has 3 atom stereocenters. The van der Waals surface area contributed by atoms with Gasteiger partial charge in [-0.3, -0.25) is 4.79 Å². The Hall–Kier alpha value is -4.65. The number of anilines is 1. The third-order valence-corrected chi connectivity index (χ3v) is 8.14. The first kappa shape index (κ1) is 26.3. The van der Waals surface area contributed by atoms with Crippen LogP contribution in [0.5, 0.6) is 11.5 Å². The molecule has 42 heavy (non-hydrogen) atoms. The molecule has 0 bridgehead atoms. The first-order valence-electron chi connectivity index (χ1n) is 13.1. The van der Waals surface area contributed by atoms with Crippen molar-refractivity contribution in [1.29, 1.82) is 0 Å². The third-order valence-electron chi connectivity index (χ3n) is 8.14. The summed E-state index contributed by atoms with van der Waals surface area (Å²) in [6.45, 7) is 0.488. The Kier molecular flexibility index (Phi) is 5.74. The van der Waals surface area contributed by atoms with Crippen LogP contribution >= 0.6 is 0 Å². The van der Waals surface area contributed by atoms with Gasteiger partial charge in [-0.05, 0) is 41.3 Å². The number of halogens is 4. The zero-order valence-electron chi connectivity index (χ0n) is 21.6. The number of benzene rings is 3. The lowest BCUT2D eigenvalue weighted by Crippen LogP contribution is -2.49. The molecule has 4 aromatic rings. The fourth-order valence-corrected chi connectivity index (χ4v) is 6.27. The van der Waals surface area contributed by atoms with Crippen molar-refractivity contribution in [2.45, 2.75) is 24.7 Å². The Morgan fingerprint density at radius 1 is 1.10 bits per heavy atom. The van der Waals surface area contributed by atoms with Gasteiger partial charge in [0.25, 0.3) is 0 Å². The van der Waals surface area contributed by atoms with Crippen LogP contribution in [0.3, 0.4) is 0 Å². The number of ether oxygens (including phenoxy) is 2. The average Bonchev–Trinajstić information content (AvgIpc) is 3.35. The van der Waals surface area contributed by atoms with Crippen LogP contribution in [0.25, 0.3) is 27.4 Å². The largest absolute Gasteiger partial charge is 0.490 e. The van der Waals surface area contributed by atoms with Crippen molar-refractivity contribution >= 4 is 39.3 Å². The Bertz CT molecular complexity index is 1890. The fourth-order valence-electron chi connectivity index (χ4n) is 6.27. The van der Waals surface area contributed by atoms with Gasteiger partial charge in [0, 0.05) is 31.9 Å². The number of nitrogens with zero attached hydrogens (tertiary/aromatic N) is 2. The molecule has 0 aliphatic carbocycles. The van der Waals surface area contributed by atoms with Gasteiger partial charge in [-0.25, -0.2) is 14.0 Å². The van der Waals surface area contributed by atoms with Crippen molar-refractivity contribution < 1.29 is 41.7 Å². The smallest absolute Gasteiger partial charge is 0.477 e. The molecule has 216 valence electrons. The Balaban J connectivity index is 1.33. The average molecular weight is 583 g/mol. The number of carbonyl (C=O) groups excluding carboxylic acids is 1. The molecule has 0 radical (unpaired) electrons. The minimum atomic E-state index is -5.11. The molecule has 2 saturated heterocycles.